The molecule has 0 amide bonds. The first kappa shape index (κ1) is 20.2. The molecular formula is C16H26O9. The molecule has 0 aromatic heterocycles. The van der Waals surface area contributed by atoms with E-state index in [1.807, 2.05) is 6.92 Å². The highest BCUT2D eigenvalue weighted by molar-refractivity contribution is 5.71. The first-order chi connectivity index (χ1) is 11.8. The topological polar surface area (TPSA) is 157 Å². The average Bonchev–Trinajstić information content (AvgIpc) is 2.93. The lowest BCUT2D eigenvalue weighted by molar-refractivity contribution is -0.299. The molecule has 0 spiro atoms. The number of aliphatic carboxylic acids is 1. The maximum atomic E-state index is 11.3. The Kier molecular flexibility index (Phi) is 6.92. The zero-order valence-corrected chi connectivity index (χ0v) is 14.0. The van der Waals surface area contributed by atoms with Crippen LogP contribution < -0.4 is 0 Å². The van der Waals surface area contributed by atoms with E-state index in [4.69, 9.17) is 9.47 Å². The second-order valence-electron chi connectivity index (χ2n) is 6.59. The third-order valence-corrected chi connectivity index (χ3v) is 5.08. The summed E-state index contributed by atoms with van der Waals surface area (Å²) in [5, 5.41) is 57.3. The molecule has 6 N–H and O–H groups in total. The molecule has 144 valence electrons. The van der Waals surface area contributed by atoms with Crippen LogP contribution in [0.5, 0.6) is 0 Å². The molecule has 0 aromatic carbocycles. The summed E-state index contributed by atoms with van der Waals surface area (Å²) < 4.78 is 10.8. The molecule has 0 unspecified atom stereocenters. The Hall–Kier alpha value is -1.07. The van der Waals surface area contributed by atoms with Crippen molar-refractivity contribution < 1.29 is 44.9 Å². The molecular weight excluding hydrogens is 336 g/mol. The van der Waals surface area contributed by atoms with Crippen LogP contribution >= 0.6 is 0 Å². The molecule has 25 heavy (non-hydrogen) atoms. The van der Waals surface area contributed by atoms with E-state index in [0.717, 1.165) is 11.1 Å². The first-order valence-corrected chi connectivity index (χ1v) is 8.26. The lowest BCUT2D eigenvalue weighted by atomic mass is 9.87. The third-order valence-electron chi connectivity index (χ3n) is 5.08. The second-order valence-corrected chi connectivity index (χ2v) is 6.59. The highest BCUT2D eigenvalue weighted by Gasteiger charge is 2.44. The van der Waals surface area contributed by atoms with Gasteiger partial charge in [0.2, 0.25) is 0 Å². The highest BCUT2D eigenvalue weighted by atomic mass is 16.7. The van der Waals surface area contributed by atoms with E-state index in [1.54, 1.807) is 0 Å². The molecule has 0 bridgehead atoms. The Bertz CT molecular complexity index is 504. The summed E-state index contributed by atoms with van der Waals surface area (Å²) in [6.45, 7) is 0.767. The number of carbonyl (C=O) groups is 1. The number of aliphatic hydroxyl groups excluding tert-OH is 5. The van der Waals surface area contributed by atoms with E-state index in [0.29, 0.717) is 12.8 Å². The van der Waals surface area contributed by atoms with Gasteiger partial charge in [0.15, 0.2) is 6.29 Å². The van der Waals surface area contributed by atoms with Crippen LogP contribution in [0.4, 0.5) is 0 Å². The van der Waals surface area contributed by atoms with Gasteiger partial charge in [-0.3, -0.25) is 4.79 Å². The van der Waals surface area contributed by atoms with Gasteiger partial charge in [0.25, 0.3) is 0 Å². The van der Waals surface area contributed by atoms with Crippen molar-refractivity contribution in [2.24, 2.45) is 11.8 Å². The van der Waals surface area contributed by atoms with Gasteiger partial charge in [-0.1, -0.05) is 5.57 Å². The fraction of sp³-hybridized carbons (Fsp3) is 0.812. The summed E-state index contributed by atoms with van der Waals surface area (Å²) in [6.07, 6.45) is -5.58. The number of aliphatic hydroxyl groups is 5. The Balaban J connectivity index is 2.05. The number of carboxylic acid groups (broad SMARTS) is 1. The SMILES string of the molecule is CC1=C(CO[C@H]2O[C@@H](CO)[C@@H](O)[C@@H](O)[C@H]2O)[C@@H]([C@H](CO)C(=O)O)CC1. The number of rotatable bonds is 7. The van der Waals surface area contributed by atoms with Crippen molar-refractivity contribution in [2.45, 2.75) is 50.5 Å². The van der Waals surface area contributed by atoms with Gasteiger partial charge in [0.1, 0.15) is 24.4 Å². The summed E-state index contributed by atoms with van der Waals surface area (Å²) in [4.78, 5) is 11.3. The maximum Gasteiger partial charge on any atom is 0.309 e. The average molecular weight is 362 g/mol. The maximum absolute atomic E-state index is 11.3. The number of ether oxygens (including phenoxy) is 2. The van der Waals surface area contributed by atoms with E-state index < -0.39 is 55.8 Å². The third kappa shape index (κ3) is 4.20. The van der Waals surface area contributed by atoms with Crippen LogP contribution in [0.15, 0.2) is 11.1 Å². The molecule has 0 saturated carbocycles. The lowest BCUT2D eigenvalue weighted by Crippen LogP contribution is -2.59. The largest absolute Gasteiger partial charge is 0.481 e. The van der Waals surface area contributed by atoms with E-state index in [1.165, 1.54) is 0 Å². The fourth-order valence-electron chi connectivity index (χ4n) is 3.45. The Morgan fingerprint density at radius 1 is 1.24 bits per heavy atom. The van der Waals surface area contributed by atoms with Crippen LogP contribution in [0, 0.1) is 11.8 Å². The number of hydrogen-bond acceptors (Lipinski definition) is 8. The predicted octanol–water partition coefficient (Wildman–Crippen LogP) is -1.78. The zero-order valence-electron chi connectivity index (χ0n) is 14.0. The second kappa shape index (κ2) is 8.54. The minimum Gasteiger partial charge on any atom is -0.481 e. The minimum atomic E-state index is -1.53. The molecule has 1 heterocycles. The number of allylic oxidation sites excluding steroid dienone is 1. The zero-order chi connectivity index (χ0) is 18.7. The molecule has 2 aliphatic rings. The van der Waals surface area contributed by atoms with E-state index in [9.17, 15) is 35.4 Å². The molecule has 9 heteroatoms. The van der Waals surface area contributed by atoms with Crippen molar-refractivity contribution in [3.8, 4) is 0 Å². The molecule has 9 nitrogen and oxygen atoms in total. The van der Waals surface area contributed by atoms with Crippen LogP contribution in [0.3, 0.4) is 0 Å². The van der Waals surface area contributed by atoms with Crippen molar-refractivity contribution >= 4 is 5.97 Å². The Morgan fingerprint density at radius 3 is 2.48 bits per heavy atom. The van der Waals surface area contributed by atoms with Crippen molar-refractivity contribution in [1.82, 2.24) is 0 Å². The normalized spacial score (nSPS) is 37.4. The molecule has 1 aliphatic heterocycles. The van der Waals surface area contributed by atoms with Crippen molar-refractivity contribution in [2.75, 3.05) is 19.8 Å². The molecule has 1 aliphatic carbocycles. The summed E-state index contributed by atoms with van der Waals surface area (Å²) >= 11 is 0. The van der Waals surface area contributed by atoms with Gasteiger partial charge in [-0.15, -0.1) is 0 Å². The van der Waals surface area contributed by atoms with E-state index >= 15 is 0 Å². The van der Waals surface area contributed by atoms with Crippen molar-refractivity contribution in [3.05, 3.63) is 11.1 Å². The molecule has 0 aromatic rings. The number of hydrogen-bond donors (Lipinski definition) is 6. The van der Waals surface area contributed by atoms with Crippen LogP contribution in [-0.4, -0.2) is 87.1 Å². The van der Waals surface area contributed by atoms with Gasteiger partial charge in [-0.05, 0) is 31.3 Å². The van der Waals surface area contributed by atoms with Gasteiger partial charge in [-0.25, -0.2) is 0 Å². The first-order valence-electron chi connectivity index (χ1n) is 8.26. The molecule has 7 atom stereocenters. The molecule has 2 rings (SSSR count). The molecule has 1 fully saturated rings. The van der Waals surface area contributed by atoms with Crippen molar-refractivity contribution in [3.63, 3.8) is 0 Å². The number of carboxylic acids is 1. The quantitative estimate of drug-likeness (QED) is 0.288. The monoisotopic (exact) mass is 362 g/mol. The summed E-state index contributed by atoms with van der Waals surface area (Å²) in [6, 6.07) is 0. The van der Waals surface area contributed by atoms with Gasteiger partial charge >= 0.3 is 5.97 Å². The van der Waals surface area contributed by atoms with Crippen molar-refractivity contribution in [1.29, 1.82) is 0 Å². The predicted molar refractivity (Wildman–Crippen MR) is 83.4 cm³/mol. The Labute approximate surface area is 145 Å². The summed E-state index contributed by atoms with van der Waals surface area (Å²) in [5.74, 6) is -2.41. The van der Waals surface area contributed by atoms with Crippen LogP contribution in [0.1, 0.15) is 19.8 Å². The highest BCUT2D eigenvalue weighted by Crippen LogP contribution is 2.37. The fourth-order valence-corrected chi connectivity index (χ4v) is 3.45. The van der Waals surface area contributed by atoms with Gasteiger partial charge in [-0.2, -0.15) is 0 Å². The molecule has 0 radical (unpaired) electrons. The summed E-state index contributed by atoms with van der Waals surface area (Å²) in [7, 11) is 0. The van der Waals surface area contributed by atoms with Gasteiger partial charge in [0, 0.05) is 0 Å². The van der Waals surface area contributed by atoms with Crippen LogP contribution in [0.25, 0.3) is 0 Å². The lowest BCUT2D eigenvalue weighted by Gasteiger charge is -2.39. The van der Waals surface area contributed by atoms with Gasteiger partial charge in [0.05, 0.1) is 25.7 Å². The van der Waals surface area contributed by atoms with E-state index in [-0.39, 0.29) is 12.5 Å². The van der Waals surface area contributed by atoms with Crippen LogP contribution in [0.2, 0.25) is 0 Å². The smallest absolute Gasteiger partial charge is 0.309 e. The molecule has 1 saturated heterocycles. The Morgan fingerprint density at radius 2 is 1.92 bits per heavy atom. The van der Waals surface area contributed by atoms with Gasteiger partial charge < -0.3 is 40.1 Å². The summed E-state index contributed by atoms with van der Waals surface area (Å²) in [5.41, 5.74) is 1.67. The minimum absolute atomic E-state index is 0.0387. The van der Waals surface area contributed by atoms with Crippen LogP contribution in [-0.2, 0) is 14.3 Å². The van der Waals surface area contributed by atoms with E-state index in [2.05, 4.69) is 0 Å². The standard InChI is InChI=1S/C16H26O9/c1-7-2-3-8(9(4-17)15(22)23)10(7)6-24-16-14(21)13(20)12(19)11(5-18)25-16/h8-9,11-14,16-21H,2-6H2,1H3,(H,22,23)/t8-,9+,11+,12-,13-,14-,16+/m1/s1.